The van der Waals surface area contributed by atoms with Gasteiger partial charge < -0.3 is 4.74 Å². The Balaban J connectivity index is 1.57. The summed E-state index contributed by atoms with van der Waals surface area (Å²) in [5.41, 5.74) is 0.967. The zero-order valence-electron chi connectivity index (χ0n) is 12.3. The summed E-state index contributed by atoms with van der Waals surface area (Å²) < 4.78 is 9.08. The summed E-state index contributed by atoms with van der Waals surface area (Å²) in [6.45, 7) is 0.518. The molecule has 3 nitrogen and oxygen atoms in total. The Labute approximate surface area is 163 Å². The second-order valence-electron chi connectivity index (χ2n) is 4.65. The third kappa shape index (κ3) is 4.52. The number of thioether (sulfide) groups is 1. The Bertz CT molecular complexity index is 881. The quantitative estimate of drug-likeness (QED) is 0.275. The zero-order chi connectivity index (χ0) is 16.9. The van der Waals surface area contributed by atoms with E-state index in [2.05, 4.69) is 5.10 Å². The van der Waals surface area contributed by atoms with Crippen molar-refractivity contribution in [3.8, 4) is 11.4 Å². The maximum absolute atomic E-state index is 6.07. The summed E-state index contributed by atoms with van der Waals surface area (Å²) >= 11 is 20.4. The largest absolute Gasteiger partial charge is 0.491 e. The maximum atomic E-state index is 6.07. The van der Waals surface area contributed by atoms with Gasteiger partial charge in [0.25, 0.3) is 0 Å². The number of rotatable bonds is 6. The first-order chi connectivity index (χ1) is 11.6. The highest BCUT2D eigenvalue weighted by atomic mass is 35.5. The summed E-state index contributed by atoms with van der Waals surface area (Å²) in [6, 6.07) is 15.0. The van der Waals surface area contributed by atoms with Crippen LogP contribution in [0, 0.1) is 3.95 Å². The number of hydrogen-bond donors (Lipinski definition) is 0. The van der Waals surface area contributed by atoms with Crippen LogP contribution in [0.15, 0.2) is 52.9 Å². The van der Waals surface area contributed by atoms with E-state index >= 15 is 0 Å². The Kier molecular flexibility index (Phi) is 6.19. The highest BCUT2D eigenvalue weighted by Gasteiger charge is 2.07. The van der Waals surface area contributed by atoms with Crippen molar-refractivity contribution < 1.29 is 4.74 Å². The molecule has 24 heavy (non-hydrogen) atoms. The van der Waals surface area contributed by atoms with Gasteiger partial charge in [-0.05, 0) is 42.5 Å². The molecular formula is C16H12Cl2N2OS3. The van der Waals surface area contributed by atoms with Crippen LogP contribution >= 0.6 is 58.5 Å². The van der Waals surface area contributed by atoms with Gasteiger partial charge in [0.05, 0.1) is 17.3 Å². The molecule has 2 aromatic carbocycles. The van der Waals surface area contributed by atoms with Crippen LogP contribution in [0.3, 0.4) is 0 Å². The molecule has 0 amide bonds. The highest BCUT2D eigenvalue weighted by molar-refractivity contribution is 8.01. The molecule has 0 N–H and O–H groups in total. The van der Waals surface area contributed by atoms with Crippen LogP contribution in [0.25, 0.3) is 5.69 Å². The number of nitrogens with zero attached hydrogens (tertiary/aromatic N) is 2. The number of halogens is 2. The standard InChI is InChI=1S/C16H12Cl2N2OS3/c17-11-6-7-14(13(18)10-11)21-8-9-23-15-19-20(16(22)24-15)12-4-2-1-3-5-12/h1-7,10H,8-9H2. The van der Waals surface area contributed by atoms with Gasteiger partial charge in [0.15, 0.2) is 8.29 Å². The minimum atomic E-state index is 0.511. The highest BCUT2D eigenvalue weighted by Crippen LogP contribution is 2.28. The van der Waals surface area contributed by atoms with Crippen LogP contribution in [-0.4, -0.2) is 22.1 Å². The normalized spacial score (nSPS) is 10.8. The van der Waals surface area contributed by atoms with Crippen LogP contribution in [0.1, 0.15) is 0 Å². The third-order valence-electron chi connectivity index (χ3n) is 2.99. The minimum Gasteiger partial charge on any atom is -0.491 e. The molecule has 8 heteroatoms. The fraction of sp³-hybridized carbons (Fsp3) is 0.125. The van der Waals surface area contributed by atoms with E-state index in [1.165, 1.54) is 11.3 Å². The van der Waals surface area contributed by atoms with E-state index in [1.54, 1.807) is 34.6 Å². The topological polar surface area (TPSA) is 27.1 Å². The predicted molar refractivity (Wildman–Crippen MR) is 105 cm³/mol. The molecule has 0 spiro atoms. The molecule has 3 rings (SSSR count). The fourth-order valence-corrected chi connectivity index (χ4v) is 4.64. The minimum absolute atomic E-state index is 0.511. The number of hydrogen-bond acceptors (Lipinski definition) is 5. The summed E-state index contributed by atoms with van der Waals surface area (Å²) in [5.74, 6) is 1.37. The Morgan fingerprint density at radius 2 is 1.96 bits per heavy atom. The predicted octanol–water partition coefficient (Wildman–Crippen LogP) is 6.14. The van der Waals surface area contributed by atoms with Gasteiger partial charge in [-0.3, -0.25) is 0 Å². The number of aromatic nitrogens is 2. The molecular weight excluding hydrogens is 403 g/mol. The van der Waals surface area contributed by atoms with E-state index in [1.807, 2.05) is 30.3 Å². The van der Waals surface area contributed by atoms with Crippen LogP contribution in [0.4, 0.5) is 0 Å². The summed E-state index contributed by atoms with van der Waals surface area (Å²) in [5, 5.41) is 5.65. The molecule has 1 heterocycles. The SMILES string of the molecule is S=c1sc(SCCOc2ccc(Cl)cc2Cl)nn1-c1ccccc1. The average Bonchev–Trinajstić information content (AvgIpc) is 2.95. The lowest BCUT2D eigenvalue weighted by Crippen LogP contribution is -2.01. The third-order valence-corrected chi connectivity index (χ3v) is 5.85. The van der Waals surface area contributed by atoms with Crippen molar-refractivity contribution in [1.29, 1.82) is 0 Å². The van der Waals surface area contributed by atoms with Crippen molar-refractivity contribution in [2.45, 2.75) is 4.34 Å². The molecule has 0 radical (unpaired) electrons. The number of ether oxygens (including phenoxy) is 1. The molecule has 0 aliphatic carbocycles. The van der Waals surface area contributed by atoms with Crippen LogP contribution < -0.4 is 4.74 Å². The second-order valence-corrected chi connectivity index (χ2v) is 8.46. The van der Waals surface area contributed by atoms with Gasteiger partial charge in [-0.2, -0.15) is 0 Å². The van der Waals surface area contributed by atoms with Gasteiger partial charge in [0.2, 0.25) is 0 Å². The van der Waals surface area contributed by atoms with Gasteiger partial charge in [0.1, 0.15) is 5.75 Å². The van der Waals surface area contributed by atoms with Crippen molar-refractivity contribution in [2.75, 3.05) is 12.4 Å². The van der Waals surface area contributed by atoms with Crippen molar-refractivity contribution in [1.82, 2.24) is 9.78 Å². The van der Waals surface area contributed by atoms with E-state index in [-0.39, 0.29) is 0 Å². The van der Waals surface area contributed by atoms with E-state index in [9.17, 15) is 0 Å². The summed E-state index contributed by atoms with van der Waals surface area (Å²) in [7, 11) is 0. The summed E-state index contributed by atoms with van der Waals surface area (Å²) in [4.78, 5) is 0. The van der Waals surface area contributed by atoms with Crippen molar-refractivity contribution in [3.05, 3.63) is 62.5 Å². The molecule has 0 saturated heterocycles. The Hall–Kier alpha value is -1.05. The lowest BCUT2D eigenvalue weighted by Gasteiger charge is -2.07. The van der Waals surface area contributed by atoms with Gasteiger partial charge in [-0.1, -0.05) is 64.5 Å². The first-order valence-electron chi connectivity index (χ1n) is 7.00. The molecule has 0 aliphatic heterocycles. The number of benzene rings is 2. The molecule has 1 aromatic heterocycles. The molecule has 3 aromatic rings. The molecule has 0 aliphatic rings. The fourth-order valence-electron chi connectivity index (χ4n) is 1.92. The molecule has 0 fully saturated rings. The van der Waals surface area contributed by atoms with Crippen molar-refractivity contribution in [2.24, 2.45) is 0 Å². The second kappa shape index (κ2) is 8.36. The van der Waals surface area contributed by atoms with E-state index in [0.717, 1.165) is 19.7 Å². The molecule has 124 valence electrons. The van der Waals surface area contributed by atoms with E-state index < -0.39 is 0 Å². The van der Waals surface area contributed by atoms with E-state index in [4.69, 9.17) is 40.2 Å². The van der Waals surface area contributed by atoms with Crippen LogP contribution in [-0.2, 0) is 0 Å². The first-order valence-corrected chi connectivity index (χ1v) is 9.96. The van der Waals surface area contributed by atoms with Gasteiger partial charge in [0, 0.05) is 10.8 Å². The van der Waals surface area contributed by atoms with E-state index in [0.29, 0.717) is 22.4 Å². The van der Waals surface area contributed by atoms with Crippen molar-refractivity contribution in [3.63, 3.8) is 0 Å². The smallest absolute Gasteiger partial charge is 0.184 e. The average molecular weight is 415 g/mol. The van der Waals surface area contributed by atoms with Crippen LogP contribution in [0.5, 0.6) is 5.75 Å². The first kappa shape index (κ1) is 17.8. The van der Waals surface area contributed by atoms with Gasteiger partial charge >= 0.3 is 0 Å². The molecule has 0 atom stereocenters. The Morgan fingerprint density at radius 3 is 2.71 bits per heavy atom. The number of para-hydroxylation sites is 1. The van der Waals surface area contributed by atoms with Gasteiger partial charge in [-0.15, -0.1) is 5.10 Å². The maximum Gasteiger partial charge on any atom is 0.184 e. The molecule has 0 unspecified atom stereocenters. The van der Waals surface area contributed by atoms with Gasteiger partial charge in [-0.25, -0.2) is 4.68 Å². The Morgan fingerprint density at radius 1 is 1.17 bits per heavy atom. The molecule has 0 bridgehead atoms. The lowest BCUT2D eigenvalue weighted by atomic mass is 10.3. The van der Waals surface area contributed by atoms with Crippen molar-refractivity contribution >= 4 is 58.5 Å². The monoisotopic (exact) mass is 414 g/mol. The molecule has 0 saturated carbocycles. The zero-order valence-corrected chi connectivity index (χ0v) is 16.3. The summed E-state index contributed by atoms with van der Waals surface area (Å²) in [6.07, 6.45) is 0. The lowest BCUT2D eigenvalue weighted by molar-refractivity contribution is 0.344. The van der Waals surface area contributed by atoms with Crippen LogP contribution in [0.2, 0.25) is 10.0 Å².